The van der Waals surface area contributed by atoms with Gasteiger partial charge in [0.1, 0.15) is 5.75 Å². The third kappa shape index (κ3) is 6.68. The van der Waals surface area contributed by atoms with Gasteiger partial charge in [0, 0.05) is 61.6 Å². The van der Waals surface area contributed by atoms with Crippen molar-refractivity contribution in [2.75, 3.05) is 53.4 Å². The van der Waals surface area contributed by atoms with Gasteiger partial charge in [-0.25, -0.2) is 0 Å². The number of hydrogen-bond acceptors (Lipinski definition) is 10. The Morgan fingerprint density at radius 2 is 1.09 bits per heavy atom. The molecule has 2 saturated heterocycles. The maximum Gasteiger partial charge on any atom is 0.256 e. The molecule has 12 nitrogen and oxygen atoms in total. The van der Waals surface area contributed by atoms with Crippen molar-refractivity contribution in [3.05, 3.63) is 95.1 Å². The number of nitrogens with two attached hydrogens (primary N) is 1. The molecule has 0 aromatic heterocycles. The molecule has 54 heavy (non-hydrogen) atoms. The van der Waals surface area contributed by atoms with Crippen LogP contribution in [-0.4, -0.2) is 93.8 Å². The topological polar surface area (TPSA) is 138 Å². The molecule has 278 valence electrons. The van der Waals surface area contributed by atoms with Gasteiger partial charge in [-0.15, -0.1) is 0 Å². The van der Waals surface area contributed by atoms with Crippen LogP contribution in [0.15, 0.2) is 82.8 Å². The Morgan fingerprint density at radius 3 is 1.54 bits per heavy atom. The van der Waals surface area contributed by atoms with E-state index in [4.69, 9.17) is 39.4 Å². The van der Waals surface area contributed by atoms with Crippen molar-refractivity contribution in [2.45, 2.75) is 43.2 Å². The van der Waals surface area contributed by atoms with Crippen LogP contribution < -0.4 is 29.4 Å². The lowest BCUT2D eigenvalue weighted by Crippen LogP contribution is -2.35. The van der Waals surface area contributed by atoms with Gasteiger partial charge < -0.3 is 39.2 Å². The largest absolute Gasteiger partial charge is 0.497 e. The summed E-state index contributed by atoms with van der Waals surface area (Å²) in [4.78, 5) is 40.8. The average molecular weight is 730 g/mol. The zero-order chi connectivity index (χ0) is 37.3. The summed E-state index contributed by atoms with van der Waals surface area (Å²) in [7, 11) is 4.76. The number of fused-ring (bicyclic) bond motifs is 4. The molecule has 2 unspecified atom stereocenters. The van der Waals surface area contributed by atoms with Crippen molar-refractivity contribution >= 4 is 41.3 Å². The number of methoxy groups -OCH3 is 3. The highest BCUT2D eigenvalue weighted by molar-refractivity contribution is 6.04. The predicted octanol–water partition coefficient (Wildman–Crippen LogP) is 6.57. The van der Waals surface area contributed by atoms with Crippen LogP contribution in [0.4, 0.5) is 17.1 Å². The molecule has 2 fully saturated rings. The second-order valence-corrected chi connectivity index (χ2v) is 14.0. The third-order valence-electron chi connectivity index (χ3n) is 10.8. The number of benzene rings is 4. The Bertz CT molecular complexity index is 2120. The van der Waals surface area contributed by atoms with E-state index in [9.17, 15) is 9.59 Å². The first-order chi connectivity index (χ1) is 26.3. The van der Waals surface area contributed by atoms with Crippen molar-refractivity contribution in [1.82, 2.24) is 9.80 Å². The summed E-state index contributed by atoms with van der Waals surface area (Å²) in [5.74, 6) is 2.96. The van der Waals surface area contributed by atoms with Gasteiger partial charge in [0.15, 0.2) is 23.0 Å². The van der Waals surface area contributed by atoms with Crippen molar-refractivity contribution in [2.24, 2.45) is 9.98 Å². The molecule has 0 aliphatic carbocycles. The highest BCUT2D eigenvalue weighted by Crippen LogP contribution is 2.42. The summed E-state index contributed by atoms with van der Waals surface area (Å²) in [6.45, 7) is 1.84. The molecule has 4 aliphatic rings. The zero-order valence-corrected chi connectivity index (χ0v) is 30.6. The van der Waals surface area contributed by atoms with E-state index in [1.807, 2.05) is 58.6 Å². The molecule has 2 amide bonds. The molecule has 8 rings (SSSR count). The standard InChI is InChI=1S/C42H43N5O7/c1-50-32-11-7-26(8-12-32)28-16-31-22-45-36-20-40(38(52-3)18-34(36)42(49)47(31)24-28)54-14-4-13-53-39-19-35-33(17-37(39)51-2)41(48)46-23-27(15-30(46)21-44-35)25-5-9-29(43)10-6-25/h5-12,17-22,27-28,30-31H,4,13-16,23-24,43H2,1-3H3/t27?,28?,30-,31-/m0/s1. The molecule has 4 aromatic rings. The van der Waals surface area contributed by atoms with E-state index >= 15 is 0 Å². The Kier molecular flexibility index (Phi) is 9.57. The van der Waals surface area contributed by atoms with Crippen molar-refractivity contribution in [3.63, 3.8) is 0 Å². The van der Waals surface area contributed by atoms with Gasteiger partial charge in [-0.05, 0) is 60.4 Å². The van der Waals surface area contributed by atoms with Gasteiger partial charge in [0.2, 0.25) is 0 Å². The van der Waals surface area contributed by atoms with Crippen molar-refractivity contribution in [1.29, 1.82) is 0 Å². The minimum Gasteiger partial charge on any atom is -0.497 e. The Morgan fingerprint density at radius 1 is 0.630 bits per heavy atom. The quantitative estimate of drug-likeness (QED) is 0.135. The molecule has 4 aliphatic heterocycles. The summed E-state index contributed by atoms with van der Waals surface area (Å²) < 4.78 is 28.9. The second kappa shape index (κ2) is 14.8. The zero-order valence-electron chi connectivity index (χ0n) is 30.6. The fraction of sp³-hybridized carbons (Fsp3) is 0.333. The van der Waals surface area contributed by atoms with Crippen molar-refractivity contribution in [3.8, 4) is 28.7 Å². The van der Waals surface area contributed by atoms with Gasteiger partial charge in [-0.2, -0.15) is 0 Å². The minimum atomic E-state index is -0.108. The van der Waals surface area contributed by atoms with E-state index in [0.717, 1.165) is 29.8 Å². The highest BCUT2D eigenvalue weighted by Gasteiger charge is 2.39. The van der Waals surface area contributed by atoms with Crippen LogP contribution in [0, 0.1) is 0 Å². The molecule has 2 N–H and O–H groups in total. The molecule has 4 aromatic carbocycles. The molecular weight excluding hydrogens is 686 g/mol. The van der Waals surface area contributed by atoms with Gasteiger partial charge >= 0.3 is 0 Å². The predicted molar refractivity (Wildman–Crippen MR) is 206 cm³/mol. The molecular formula is C42H43N5O7. The van der Waals surface area contributed by atoms with Crippen molar-refractivity contribution < 1.29 is 33.3 Å². The summed E-state index contributed by atoms with van der Waals surface area (Å²) in [5, 5.41) is 0. The van der Waals surface area contributed by atoms with Crippen LogP contribution in [-0.2, 0) is 0 Å². The number of rotatable bonds is 11. The summed E-state index contributed by atoms with van der Waals surface area (Å²) in [5.41, 5.74) is 11.0. The smallest absolute Gasteiger partial charge is 0.256 e. The Labute approximate surface area is 314 Å². The summed E-state index contributed by atoms with van der Waals surface area (Å²) in [6.07, 6.45) is 5.84. The Hall–Kier alpha value is -6.04. The first-order valence-corrected chi connectivity index (χ1v) is 18.2. The molecule has 0 radical (unpaired) electrons. The number of hydrogen-bond donors (Lipinski definition) is 1. The minimum absolute atomic E-state index is 0.0785. The molecule has 0 spiro atoms. The second-order valence-electron chi connectivity index (χ2n) is 14.0. The maximum atomic E-state index is 13.8. The van der Waals surface area contributed by atoms with Gasteiger partial charge in [0.25, 0.3) is 11.8 Å². The monoisotopic (exact) mass is 729 g/mol. The fourth-order valence-corrected chi connectivity index (χ4v) is 7.87. The Balaban J connectivity index is 0.893. The molecule has 0 bridgehead atoms. The summed E-state index contributed by atoms with van der Waals surface area (Å²) in [6, 6.07) is 22.6. The van der Waals surface area contributed by atoms with E-state index < -0.39 is 0 Å². The van der Waals surface area contributed by atoms with E-state index in [-0.39, 0.29) is 35.7 Å². The van der Waals surface area contributed by atoms with Crippen LogP contribution in [0.1, 0.15) is 62.9 Å². The lowest BCUT2D eigenvalue weighted by Gasteiger charge is -2.21. The number of carbonyl (C=O) groups is 2. The maximum absolute atomic E-state index is 13.8. The number of carbonyl (C=O) groups excluding carboxylic acids is 2. The van der Waals surface area contributed by atoms with Crippen LogP contribution in [0.2, 0.25) is 0 Å². The third-order valence-corrected chi connectivity index (χ3v) is 10.8. The van der Waals surface area contributed by atoms with Gasteiger partial charge in [-0.1, -0.05) is 24.3 Å². The van der Waals surface area contributed by atoms with E-state index in [1.165, 1.54) is 5.56 Å². The van der Waals surface area contributed by atoms with Gasteiger partial charge in [0.05, 0.1) is 69.1 Å². The molecule has 4 atom stereocenters. The number of aliphatic imine (C=N–C) groups is 2. The number of nitrogens with zero attached hydrogens (tertiary/aromatic N) is 4. The summed E-state index contributed by atoms with van der Waals surface area (Å²) >= 11 is 0. The van der Waals surface area contributed by atoms with Crippen LogP contribution >= 0.6 is 0 Å². The average Bonchev–Trinajstić information content (AvgIpc) is 3.78. The first-order valence-electron chi connectivity index (χ1n) is 18.2. The van der Waals surface area contributed by atoms with E-state index in [0.29, 0.717) is 78.2 Å². The first kappa shape index (κ1) is 35.0. The highest BCUT2D eigenvalue weighted by atomic mass is 16.5. The van der Waals surface area contributed by atoms with Crippen LogP contribution in [0.5, 0.6) is 28.7 Å². The molecule has 4 heterocycles. The molecule has 12 heteroatoms. The normalized spacial score (nSPS) is 21.1. The van der Waals surface area contributed by atoms with E-state index in [1.54, 1.807) is 45.6 Å². The number of nitrogen functional groups attached to an aromatic ring is 1. The lowest BCUT2D eigenvalue weighted by molar-refractivity contribution is 0.0765. The van der Waals surface area contributed by atoms with Gasteiger partial charge in [-0.3, -0.25) is 19.6 Å². The van der Waals surface area contributed by atoms with Crippen LogP contribution in [0.25, 0.3) is 0 Å². The van der Waals surface area contributed by atoms with E-state index in [2.05, 4.69) is 12.1 Å². The lowest BCUT2D eigenvalue weighted by atomic mass is 9.96. The molecule has 0 saturated carbocycles. The SMILES string of the molecule is COc1ccc(C2C[C@H]3C=Nc4cc(OCCCOc5cc6c(cc5OC)C(=O)N5CC(c7ccc(N)cc7)C[C@H]5C=N6)c(OC)cc4C(=O)N3C2)cc1. The number of ether oxygens (including phenoxy) is 5. The number of anilines is 1. The van der Waals surface area contributed by atoms with Crippen LogP contribution in [0.3, 0.4) is 0 Å². The fourth-order valence-electron chi connectivity index (χ4n) is 7.87. The number of amides is 2.